The van der Waals surface area contributed by atoms with Crippen molar-refractivity contribution in [3.63, 3.8) is 0 Å². The molecule has 5 rings (SSSR count). The predicted octanol–water partition coefficient (Wildman–Crippen LogP) is 6.23. The van der Waals surface area contributed by atoms with Crippen LogP contribution < -0.4 is 9.47 Å². The highest BCUT2D eigenvalue weighted by atomic mass is 35.5. The van der Waals surface area contributed by atoms with Gasteiger partial charge >= 0.3 is 5.97 Å². The number of allylic oxidation sites excluding steroid dienone is 1. The normalized spacial score (nSPS) is 14.0. The Morgan fingerprint density at radius 2 is 1.90 bits per heavy atom. The number of ketones is 1. The van der Waals surface area contributed by atoms with Gasteiger partial charge in [0.25, 0.3) is 0 Å². The fourth-order valence-electron chi connectivity index (χ4n) is 3.41. The van der Waals surface area contributed by atoms with Gasteiger partial charge in [0.2, 0.25) is 11.5 Å². The monoisotopic (exact) mass is 430 g/mol. The van der Waals surface area contributed by atoms with Crippen LogP contribution in [0.3, 0.4) is 0 Å². The Hall–Kier alpha value is -3.83. The summed E-state index contributed by atoms with van der Waals surface area (Å²) in [5.74, 6) is -0.0267. The number of hydrogen-bond donors (Lipinski definition) is 0. The van der Waals surface area contributed by atoms with Gasteiger partial charge in [-0.2, -0.15) is 0 Å². The lowest BCUT2D eigenvalue weighted by Gasteiger charge is -2.04. The van der Waals surface area contributed by atoms with E-state index in [0.717, 1.165) is 11.1 Å². The van der Waals surface area contributed by atoms with Gasteiger partial charge in [0.05, 0.1) is 5.56 Å². The van der Waals surface area contributed by atoms with Gasteiger partial charge in [-0.3, -0.25) is 4.79 Å². The van der Waals surface area contributed by atoms with Crippen LogP contribution in [0.2, 0.25) is 5.02 Å². The Labute approximate surface area is 182 Å². The molecule has 0 radical (unpaired) electrons. The number of Topliss-reactive ketones (excluding diaryl/α,β-unsaturated/α-hetero) is 1. The lowest BCUT2D eigenvalue weighted by Crippen LogP contribution is -2.07. The summed E-state index contributed by atoms with van der Waals surface area (Å²) in [7, 11) is 0. The molecule has 0 bridgehead atoms. The van der Waals surface area contributed by atoms with Crippen LogP contribution in [0.5, 0.6) is 11.5 Å². The summed E-state index contributed by atoms with van der Waals surface area (Å²) >= 11 is 5.97. The molecule has 0 saturated heterocycles. The summed E-state index contributed by atoms with van der Waals surface area (Å²) < 4.78 is 16.7. The lowest BCUT2D eigenvalue weighted by atomic mass is 10.1. The number of carbonyl (C=O) groups excluding carboxylic acids is 2. The average molecular weight is 431 g/mol. The molecule has 1 aromatic heterocycles. The topological polar surface area (TPSA) is 65.7 Å². The van der Waals surface area contributed by atoms with Crippen molar-refractivity contribution in [2.45, 2.75) is 6.92 Å². The average Bonchev–Trinajstić information content (AvgIpc) is 3.29. The highest BCUT2D eigenvalue weighted by Crippen LogP contribution is 2.35. The maximum Gasteiger partial charge on any atom is 0.379 e. The smallest absolute Gasteiger partial charge is 0.379 e. The van der Waals surface area contributed by atoms with E-state index in [2.05, 4.69) is 0 Å². The maximum atomic E-state index is 12.6. The van der Waals surface area contributed by atoms with Crippen molar-refractivity contribution < 1.29 is 23.5 Å². The van der Waals surface area contributed by atoms with Crippen LogP contribution in [0.25, 0.3) is 17.0 Å². The van der Waals surface area contributed by atoms with E-state index in [1.54, 1.807) is 42.5 Å². The number of rotatable bonds is 3. The number of halogens is 1. The van der Waals surface area contributed by atoms with Crippen molar-refractivity contribution in [2.24, 2.45) is 0 Å². The fourth-order valence-corrected chi connectivity index (χ4v) is 3.59. The standard InChI is InChI=1S/C25H15ClO5/c1-14-3-2-4-15(9-14)10-22-24(27)19-7-6-18(13-21(19)31-22)29-25(28)23-12-16-11-17(26)5-8-20(16)30-23/h2-13H,1H3/b22-10-. The van der Waals surface area contributed by atoms with E-state index >= 15 is 0 Å². The Balaban J connectivity index is 1.37. The zero-order chi connectivity index (χ0) is 21.5. The van der Waals surface area contributed by atoms with Gasteiger partial charge in [-0.1, -0.05) is 41.4 Å². The van der Waals surface area contributed by atoms with Gasteiger partial charge in [-0.15, -0.1) is 0 Å². The SMILES string of the molecule is Cc1cccc(/C=C2\Oc3cc(OC(=O)c4cc5cc(Cl)ccc5o4)ccc3C2=O)c1. The van der Waals surface area contributed by atoms with Gasteiger partial charge in [-0.25, -0.2) is 4.79 Å². The van der Waals surface area contributed by atoms with Gasteiger partial charge in [0.15, 0.2) is 5.76 Å². The molecule has 0 unspecified atom stereocenters. The number of aryl methyl sites for hydroxylation is 1. The fraction of sp³-hybridized carbons (Fsp3) is 0.0400. The second-order valence-electron chi connectivity index (χ2n) is 7.19. The van der Waals surface area contributed by atoms with E-state index in [9.17, 15) is 9.59 Å². The van der Waals surface area contributed by atoms with E-state index in [0.29, 0.717) is 27.3 Å². The van der Waals surface area contributed by atoms with E-state index in [1.165, 1.54) is 6.07 Å². The van der Waals surface area contributed by atoms with Crippen LogP contribution in [0.15, 0.2) is 76.9 Å². The summed E-state index contributed by atoms with van der Waals surface area (Å²) in [5.41, 5.74) is 2.90. The van der Waals surface area contributed by atoms with E-state index in [-0.39, 0.29) is 23.1 Å². The number of hydrogen-bond acceptors (Lipinski definition) is 5. The predicted molar refractivity (Wildman–Crippen MR) is 117 cm³/mol. The third kappa shape index (κ3) is 3.71. The largest absolute Gasteiger partial charge is 0.452 e. The summed E-state index contributed by atoms with van der Waals surface area (Å²) in [4.78, 5) is 25.1. The first-order valence-electron chi connectivity index (χ1n) is 9.52. The maximum absolute atomic E-state index is 12.6. The van der Waals surface area contributed by atoms with Crippen LogP contribution >= 0.6 is 11.6 Å². The summed E-state index contributed by atoms with van der Waals surface area (Å²) in [5, 5.41) is 1.25. The van der Waals surface area contributed by atoms with Crippen LogP contribution in [0.1, 0.15) is 32.0 Å². The number of carbonyl (C=O) groups is 2. The van der Waals surface area contributed by atoms with Crippen molar-refractivity contribution in [2.75, 3.05) is 0 Å². The minimum Gasteiger partial charge on any atom is -0.452 e. The van der Waals surface area contributed by atoms with Crippen molar-refractivity contribution in [1.29, 1.82) is 0 Å². The molecule has 0 spiro atoms. The van der Waals surface area contributed by atoms with Crippen LogP contribution in [-0.4, -0.2) is 11.8 Å². The molecule has 3 aromatic carbocycles. The van der Waals surface area contributed by atoms with E-state index < -0.39 is 5.97 Å². The second-order valence-corrected chi connectivity index (χ2v) is 7.63. The van der Waals surface area contributed by atoms with E-state index in [1.807, 2.05) is 31.2 Å². The third-order valence-corrected chi connectivity index (χ3v) is 5.11. The Morgan fingerprint density at radius 1 is 1.03 bits per heavy atom. The first-order chi connectivity index (χ1) is 15.0. The zero-order valence-electron chi connectivity index (χ0n) is 16.3. The molecule has 1 aliphatic rings. The molecule has 5 nitrogen and oxygen atoms in total. The molecule has 0 amide bonds. The molecule has 31 heavy (non-hydrogen) atoms. The quantitative estimate of drug-likeness (QED) is 0.219. The molecule has 152 valence electrons. The summed E-state index contributed by atoms with van der Waals surface area (Å²) in [6.07, 6.45) is 1.69. The van der Waals surface area contributed by atoms with Crippen LogP contribution in [0.4, 0.5) is 0 Å². The van der Waals surface area contributed by atoms with Crippen molar-refractivity contribution in [3.05, 3.63) is 100.0 Å². The summed E-state index contributed by atoms with van der Waals surface area (Å²) in [6, 6.07) is 19.0. The molecular weight excluding hydrogens is 416 g/mol. The van der Waals surface area contributed by atoms with Crippen LogP contribution in [0, 0.1) is 6.92 Å². The number of fused-ring (bicyclic) bond motifs is 2. The molecule has 0 atom stereocenters. The second kappa shape index (κ2) is 7.45. The molecule has 4 aromatic rings. The van der Waals surface area contributed by atoms with Crippen molar-refractivity contribution in [1.82, 2.24) is 0 Å². The molecule has 0 saturated carbocycles. The molecule has 0 aliphatic carbocycles. The molecule has 6 heteroatoms. The highest BCUT2D eigenvalue weighted by Gasteiger charge is 2.28. The number of ether oxygens (including phenoxy) is 2. The van der Waals surface area contributed by atoms with Gasteiger partial charge < -0.3 is 13.9 Å². The van der Waals surface area contributed by atoms with E-state index in [4.69, 9.17) is 25.5 Å². The number of benzene rings is 3. The lowest BCUT2D eigenvalue weighted by molar-refractivity contribution is 0.0703. The van der Waals surface area contributed by atoms with Crippen molar-refractivity contribution >= 4 is 40.4 Å². The minimum atomic E-state index is -0.660. The molecule has 0 fully saturated rings. The zero-order valence-corrected chi connectivity index (χ0v) is 17.1. The Bertz CT molecular complexity index is 1400. The van der Waals surface area contributed by atoms with Crippen LogP contribution in [-0.2, 0) is 0 Å². The molecule has 1 aliphatic heterocycles. The Morgan fingerprint density at radius 3 is 2.74 bits per heavy atom. The Kier molecular flexibility index (Phi) is 4.60. The molecular formula is C25H15ClO5. The number of furan rings is 1. The van der Waals surface area contributed by atoms with Crippen molar-refractivity contribution in [3.8, 4) is 11.5 Å². The molecule has 0 N–H and O–H groups in total. The van der Waals surface area contributed by atoms with Gasteiger partial charge in [-0.05, 0) is 55.0 Å². The number of esters is 1. The molecule has 2 heterocycles. The summed E-state index contributed by atoms with van der Waals surface area (Å²) in [6.45, 7) is 1.98. The van der Waals surface area contributed by atoms with Gasteiger partial charge in [0.1, 0.15) is 17.1 Å². The minimum absolute atomic E-state index is 0.0507. The third-order valence-electron chi connectivity index (χ3n) is 4.87. The first kappa shape index (κ1) is 19.2. The van der Waals surface area contributed by atoms with Gasteiger partial charge in [0, 0.05) is 16.5 Å². The highest BCUT2D eigenvalue weighted by molar-refractivity contribution is 6.31. The first-order valence-corrected chi connectivity index (χ1v) is 9.90.